The first kappa shape index (κ1) is 19.2. The lowest BCUT2D eigenvalue weighted by molar-refractivity contribution is -0.0160. The van der Waals surface area contributed by atoms with Gasteiger partial charge in [0.05, 0.1) is 4.91 Å². The van der Waals surface area contributed by atoms with E-state index in [9.17, 15) is 17.8 Å². The summed E-state index contributed by atoms with van der Waals surface area (Å²) in [7, 11) is -6.52. The molecule has 1 aliphatic heterocycles. The van der Waals surface area contributed by atoms with Crippen LogP contribution >= 0.6 is 0 Å². The van der Waals surface area contributed by atoms with Gasteiger partial charge in [-0.15, -0.1) is 0 Å². The predicted molar refractivity (Wildman–Crippen MR) is 94.5 cm³/mol. The van der Waals surface area contributed by atoms with E-state index in [1.54, 1.807) is 11.0 Å². The average molecular weight is 375 g/mol. The lowest BCUT2D eigenvalue weighted by Gasteiger charge is -2.48. The van der Waals surface area contributed by atoms with E-state index in [-0.39, 0.29) is 22.4 Å². The van der Waals surface area contributed by atoms with Crippen LogP contribution in [0.4, 0.5) is 4.79 Å². The fraction of sp³-hybridized carbons (Fsp3) is 0.667. The molecule has 0 aromatic rings. The van der Waals surface area contributed by atoms with Crippen LogP contribution in [-0.4, -0.2) is 51.0 Å². The van der Waals surface area contributed by atoms with E-state index in [2.05, 4.69) is 39.2 Å². The number of urea groups is 1. The van der Waals surface area contributed by atoms with Crippen LogP contribution in [0.3, 0.4) is 0 Å². The normalized spacial score (nSPS) is 25.7. The maximum absolute atomic E-state index is 12.2. The molecule has 0 aromatic carbocycles. The highest BCUT2D eigenvalue weighted by Gasteiger charge is 2.49. The van der Waals surface area contributed by atoms with Gasteiger partial charge in [-0.25, -0.2) is 4.79 Å². The maximum atomic E-state index is 12.2. The standard InChI is InChI=1S/C15H26N2O5SSi/c1-14(2,3)24(4,5)22-15(17-11-10-16-13(17)18)8-6-12(7-9-15)23(19,20)21/h6-8H,9-11H2,1-5H3,(H,16,18)(H,19,20,21). The molecule has 7 nitrogen and oxygen atoms in total. The van der Waals surface area contributed by atoms with Crippen LogP contribution in [0.15, 0.2) is 23.1 Å². The second-order valence-electron chi connectivity index (χ2n) is 7.71. The highest BCUT2D eigenvalue weighted by molar-refractivity contribution is 7.90. The van der Waals surface area contributed by atoms with Gasteiger partial charge in [0.25, 0.3) is 10.1 Å². The van der Waals surface area contributed by atoms with Crippen molar-refractivity contribution < 1.29 is 22.2 Å². The van der Waals surface area contributed by atoms with Crippen molar-refractivity contribution in [3.63, 3.8) is 0 Å². The zero-order valence-electron chi connectivity index (χ0n) is 14.8. The summed E-state index contributed by atoms with van der Waals surface area (Å²) in [4.78, 5) is 13.6. The maximum Gasteiger partial charge on any atom is 0.320 e. The molecular formula is C15H26N2O5SSi. The van der Waals surface area contributed by atoms with Gasteiger partial charge in [-0.1, -0.05) is 26.8 Å². The Hall–Kier alpha value is -1.16. The van der Waals surface area contributed by atoms with E-state index in [1.165, 1.54) is 12.2 Å². The Bertz CT molecular complexity index is 693. The second kappa shape index (κ2) is 5.97. The molecule has 0 bridgehead atoms. The summed E-state index contributed by atoms with van der Waals surface area (Å²) in [5, 5.41) is 2.69. The third-order valence-electron chi connectivity index (χ3n) is 4.95. The first-order chi connectivity index (χ1) is 10.8. The first-order valence-corrected chi connectivity index (χ1v) is 12.3. The van der Waals surface area contributed by atoms with E-state index in [0.717, 1.165) is 0 Å². The summed E-state index contributed by atoms with van der Waals surface area (Å²) in [6.07, 6.45) is 4.49. The number of nitrogens with zero attached hydrogens (tertiary/aromatic N) is 1. The average Bonchev–Trinajstić information content (AvgIpc) is 2.83. The van der Waals surface area contributed by atoms with Crippen LogP contribution in [0.1, 0.15) is 27.2 Å². The lowest BCUT2D eigenvalue weighted by atomic mass is 10.0. The quantitative estimate of drug-likeness (QED) is 0.582. The predicted octanol–water partition coefficient (Wildman–Crippen LogP) is 2.46. The van der Waals surface area contributed by atoms with Crippen molar-refractivity contribution in [2.45, 2.75) is 51.0 Å². The molecule has 1 atom stereocenters. The third-order valence-corrected chi connectivity index (χ3v) is 10.3. The molecule has 1 aliphatic carbocycles. The Morgan fingerprint density at radius 2 is 2.00 bits per heavy atom. The van der Waals surface area contributed by atoms with Gasteiger partial charge in [0.15, 0.2) is 14.0 Å². The van der Waals surface area contributed by atoms with E-state index in [4.69, 9.17) is 4.43 Å². The lowest BCUT2D eigenvalue weighted by Crippen LogP contribution is -2.58. The van der Waals surface area contributed by atoms with Gasteiger partial charge in [-0.05, 0) is 30.3 Å². The molecule has 1 unspecified atom stereocenters. The number of hydrogen-bond donors (Lipinski definition) is 2. The van der Waals surface area contributed by atoms with Gasteiger partial charge >= 0.3 is 6.03 Å². The van der Waals surface area contributed by atoms with Crippen LogP contribution in [-0.2, 0) is 14.5 Å². The van der Waals surface area contributed by atoms with E-state index < -0.39 is 24.2 Å². The molecule has 2 amide bonds. The number of carbonyl (C=O) groups is 1. The minimum atomic E-state index is -4.27. The van der Waals surface area contributed by atoms with Gasteiger partial charge in [-0.2, -0.15) is 8.42 Å². The van der Waals surface area contributed by atoms with Gasteiger partial charge in [0.1, 0.15) is 0 Å². The Balaban J connectivity index is 2.41. The Labute approximate surface area is 144 Å². The molecule has 0 radical (unpaired) electrons. The van der Waals surface area contributed by atoms with Crippen LogP contribution in [0.5, 0.6) is 0 Å². The number of nitrogens with one attached hydrogen (secondary N) is 1. The Morgan fingerprint density at radius 3 is 2.38 bits per heavy atom. The number of rotatable bonds is 4. The van der Waals surface area contributed by atoms with Crippen LogP contribution in [0.2, 0.25) is 18.1 Å². The molecule has 2 N–H and O–H groups in total. The van der Waals surface area contributed by atoms with E-state index in [0.29, 0.717) is 13.1 Å². The SMILES string of the molecule is CC(C)(C)[Si](C)(C)OC1(N2CCNC2=O)C=CC(S(=O)(=O)O)=CC1. The largest absolute Gasteiger partial charge is 0.391 e. The van der Waals surface area contributed by atoms with Crippen LogP contribution in [0.25, 0.3) is 0 Å². The highest BCUT2D eigenvalue weighted by atomic mass is 32.2. The van der Waals surface area contributed by atoms with Crippen molar-refractivity contribution in [3.05, 3.63) is 23.1 Å². The number of hydrogen-bond acceptors (Lipinski definition) is 4. The number of carbonyl (C=O) groups excluding carboxylic acids is 1. The van der Waals surface area contributed by atoms with Gasteiger partial charge in [-0.3, -0.25) is 9.45 Å². The molecule has 24 heavy (non-hydrogen) atoms. The third kappa shape index (κ3) is 3.58. The molecule has 0 spiro atoms. The Morgan fingerprint density at radius 1 is 1.38 bits per heavy atom. The number of allylic oxidation sites excluding steroid dienone is 1. The minimum Gasteiger partial charge on any atom is -0.391 e. The fourth-order valence-corrected chi connectivity index (χ4v) is 4.53. The molecule has 0 saturated carbocycles. The second-order valence-corrected chi connectivity index (χ2v) is 13.9. The topological polar surface area (TPSA) is 95.9 Å². The van der Waals surface area contributed by atoms with Gasteiger partial charge < -0.3 is 9.74 Å². The smallest absolute Gasteiger partial charge is 0.320 e. The molecule has 1 saturated heterocycles. The molecule has 2 rings (SSSR count). The molecule has 136 valence electrons. The summed E-state index contributed by atoms with van der Waals surface area (Å²) in [6.45, 7) is 11.5. The molecule has 2 aliphatic rings. The highest BCUT2D eigenvalue weighted by Crippen LogP contribution is 2.43. The molecule has 1 fully saturated rings. The summed E-state index contributed by atoms with van der Waals surface area (Å²) in [6, 6.07) is -0.234. The first-order valence-electron chi connectivity index (χ1n) is 7.91. The van der Waals surface area contributed by atoms with Crippen molar-refractivity contribution >= 4 is 24.5 Å². The molecule has 1 heterocycles. The molecule has 0 aromatic heterocycles. The zero-order valence-corrected chi connectivity index (χ0v) is 16.6. The van der Waals surface area contributed by atoms with Crippen LogP contribution in [0, 0.1) is 0 Å². The van der Waals surface area contributed by atoms with Crippen molar-refractivity contribution in [1.82, 2.24) is 10.2 Å². The minimum absolute atomic E-state index is 0.0723. The zero-order chi connectivity index (χ0) is 18.4. The Kier molecular flexibility index (Phi) is 4.77. The van der Waals surface area contributed by atoms with Crippen molar-refractivity contribution in [2.75, 3.05) is 13.1 Å². The molecule has 9 heteroatoms. The monoisotopic (exact) mass is 374 g/mol. The summed E-state index contributed by atoms with van der Waals surface area (Å²) in [5.41, 5.74) is -1.03. The summed E-state index contributed by atoms with van der Waals surface area (Å²) < 4.78 is 38.4. The van der Waals surface area contributed by atoms with Crippen molar-refractivity contribution in [1.29, 1.82) is 0 Å². The fourth-order valence-electron chi connectivity index (χ4n) is 2.55. The van der Waals surface area contributed by atoms with Gasteiger partial charge in [0.2, 0.25) is 0 Å². The summed E-state index contributed by atoms with van der Waals surface area (Å²) >= 11 is 0. The number of amides is 2. The van der Waals surface area contributed by atoms with Gasteiger partial charge in [0, 0.05) is 19.5 Å². The van der Waals surface area contributed by atoms with Crippen molar-refractivity contribution in [3.8, 4) is 0 Å². The van der Waals surface area contributed by atoms with Crippen molar-refractivity contribution in [2.24, 2.45) is 0 Å². The van der Waals surface area contributed by atoms with E-state index in [1.807, 2.05) is 0 Å². The van der Waals surface area contributed by atoms with Crippen LogP contribution < -0.4 is 5.32 Å². The van der Waals surface area contributed by atoms with E-state index >= 15 is 0 Å². The summed E-state index contributed by atoms with van der Waals surface area (Å²) in [5.74, 6) is 0. The molecular weight excluding hydrogens is 348 g/mol.